The molecule has 118 valence electrons. The van der Waals surface area contributed by atoms with Crippen LogP contribution in [0.4, 0.5) is 0 Å². The lowest BCUT2D eigenvalue weighted by molar-refractivity contribution is -0.124. The Hall–Kier alpha value is -1.11. The highest BCUT2D eigenvalue weighted by molar-refractivity contribution is 5.81. The monoisotopic (exact) mass is 288 g/mol. The number of aryl methyl sites for hydroxylation is 2. The molecule has 1 nitrogen and oxygen atoms in total. The molecule has 1 unspecified atom stereocenters. The molecule has 0 aromatic heterocycles. The predicted molar refractivity (Wildman–Crippen MR) is 91.6 cm³/mol. The standard InChI is InChI=1S/C20H32O/c1-5-9-18(10-6-2)19(20(21)7-3)14-13-17-12-8-11-16(4)15-17/h8,11-12,15,18-19H,5-7,9-10,13-14H2,1-4H3. The number of benzene rings is 1. The number of carbonyl (C=O) groups excluding carboxylic acids is 1. The number of hydrogen-bond donors (Lipinski definition) is 0. The molecule has 1 aromatic carbocycles. The Kier molecular flexibility index (Phi) is 8.34. The Balaban J connectivity index is 2.74. The van der Waals surface area contributed by atoms with Crippen molar-refractivity contribution in [1.82, 2.24) is 0 Å². The molecular formula is C20H32O. The van der Waals surface area contributed by atoms with Gasteiger partial charge in [-0.25, -0.2) is 0 Å². The number of ketones is 1. The quantitative estimate of drug-likeness (QED) is 0.536. The molecule has 0 saturated carbocycles. The number of Topliss-reactive ketones (excluding diaryl/α,β-unsaturated/α-hetero) is 1. The van der Waals surface area contributed by atoms with Crippen LogP contribution in [0.5, 0.6) is 0 Å². The number of hydrogen-bond acceptors (Lipinski definition) is 1. The highest BCUT2D eigenvalue weighted by atomic mass is 16.1. The minimum absolute atomic E-state index is 0.260. The zero-order chi connectivity index (χ0) is 15.7. The van der Waals surface area contributed by atoms with Crippen molar-refractivity contribution in [3.63, 3.8) is 0 Å². The Morgan fingerprint density at radius 1 is 1.05 bits per heavy atom. The van der Waals surface area contributed by atoms with Gasteiger partial charge in [0.2, 0.25) is 0 Å². The van der Waals surface area contributed by atoms with Gasteiger partial charge in [0, 0.05) is 12.3 Å². The first-order valence-corrected chi connectivity index (χ1v) is 8.70. The van der Waals surface area contributed by atoms with Gasteiger partial charge in [0.1, 0.15) is 5.78 Å². The summed E-state index contributed by atoms with van der Waals surface area (Å²) in [7, 11) is 0. The third kappa shape index (κ3) is 6.03. The first-order chi connectivity index (χ1) is 10.1. The lowest BCUT2D eigenvalue weighted by Gasteiger charge is -2.25. The molecule has 0 aliphatic heterocycles. The van der Waals surface area contributed by atoms with Gasteiger partial charge in [-0.15, -0.1) is 0 Å². The highest BCUT2D eigenvalue weighted by Gasteiger charge is 2.25. The van der Waals surface area contributed by atoms with E-state index in [-0.39, 0.29) is 5.92 Å². The molecule has 1 rings (SSSR count). The zero-order valence-electron chi connectivity index (χ0n) is 14.3. The van der Waals surface area contributed by atoms with E-state index in [1.807, 2.05) is 6.92 Å². The second-order valence-corrected chi connectivity index (χ2v) is 6.29. The minimum atomic E-state index is 0.260. The van der Waals surface area contributed by atoms with Crippen LogP contribution in [-0.2, 0) is 11.2 Å². The second-order valence-electron chi connectivity index (χ2n) is 6.29. The minimum Gasteiger partial charge on any atom is -0.299 e. The van der Waals surface area contributed by atoms with Crippen molar-refractivity contribution in [3.8, 4) is 0 Å². The molecule has 0 bridgehead atoms. The van der Waals surface area contributed by atoms with Crippen molar-refractivity contribution >= 4 is 5.78 Å². The molecule has 0 N–H and O–H groups in total. The first kappa shape index (κ1) is 17.9. The Morgan fingerprint density at radius 3 is 2.24 bits per heavy atom. The normalized spacial score (nSPS) is 12.6. The molecule has 1 aromatic rings. The van der Waals surface area contributed by atoms with E-state index in [0.717, 1.165) is 12.8 Å². The van der Waals surface area contributed by atoms with Gasteiger partial charge in [0.25, 0.3) is 0 Å². The lowest BCUT2D eigenvalue weighted by Crippen LogP contribution is -2.24. The fourth-order valence-electron chi connectivity index (χ4n) is 3.40. The van der Waals surface area contributed by atoms with E-state index >= 15 is 0 Å². The third-order valence-electron chi connectivity index (χ3n) is 4.48. The summed E-state index contributed by atoms with van der Waals surface area (Å²) in [4.78, 5) is 12.4. The molecule has 0 aliphatic carbocycles. The van der Waals surface area contributed by atoms with Gasteiger partial charge in [-0.05, 0) is 31.2 Å². The number of rotatable bonds is 10. The summed E-state index contributed by atoms with van der Waals surface area (Å²) < 4.78 is 0. The van der Waals surface area contributed by atoms with Crippen molar-refractivity contribution in [3.05, 3.63) is 35.4 Å². The van der Waals surface area contributed by atoms with Crippen molar-refractivity contribution < 1.29 is 4.79 Å². The van der Waals surface area contributed by atoms with Crippen LogP contribution in [0.15, 0.2) is 24.3 Å². The Labute approximate surface area is 131 Å². The van der Waals surface area contributed by atoms with E-state index in [9.17, 15) is 4.79 Å². The molecular weight excluding hydrogens is 256 g/mol. The third-order valence-corrected chi connectivity index (χ3v) is 4.48. The SMILES string of the molecule is CCCC(CCC)C(CCc1cccc(C)c1)C(=O)CC. The van der Waals surface area contributed by atoms with E-state index in [2.05, 4.69) is 45.0 Å². The molecule has 0 aliphatic rings. The van der Waals surface area contributed by atoms with Crippen molar-refractivity contribution in [2.45, 2.75) is 72.6 Å². The average Bonchev–Trinajstić information content (AvgIpc) is 2.47. The topological polar surface area (TPSA) is 17.1 Å². The van der Waals surface area contributed by atoms with E-state index in [4.69, 9.17) is 0 Å². The molecule has 1 heteroatoms. The van der Waals surface area contributed by atoms with Crippen LogP contribution in [0.3, 0.4) is 0 Å². The number of carbonyl (C=O) groups is 1. The maximum atomic E-state index is 12.4. The van der Waals surface area contributed by atoms with Crippen molar-refractivity contribution in [2.75, 3.05) is 0 Å². The van der Waals surface area contributed by atoms with E-state index in [0.29, 0.717) is 18.1 Å². The first-order valence-electron chi connectivity index (χ1n) is 8.70. The summed E-state index contributed by atoms with van der Waals surface area (Å²) in [5.41, 5.74) is 2.68. The van der Waals surface area contributed by atoms with Crippen LogP contribution in [0.1, 0.15) is 70.4 Å². The van der Waals surface area contributed by atoms with Gasteiger partial charge in [0.05, 0.1) is 0 Å². The highest BCUT2D eigenvalue weighted by Crippen LogP contribution is 2.29. The van der Waals surface area contributed by atoms with E-state index < -0.39 is 0 Å². The summed E-state index contributed by atoms with van der Waals surface area (Å²) >= 11 is 0. The fourth-order valence-corrected chi connectivity index (χ4v) is 3.40. The zero-order valence-corrected chi connectivity index (χ0v) is 14.3. The predicted octanol–water partition coefficient (Wildman–Crippen LogP) is 5.74. The summed E-state index contributed by atoms with van der Waals surface area (Å²) in [6.45, 7) is 8.61. The van der Waals surface area contributed by atoms with Gasteiger partial charge in [-0.1, -0.05) is 76.3 Å². The summed E-state index contributed by atoms with van der Waals surface area (Å²) in [6.07, 6.45) is 7.48. The van der Waals surface area contributed by atoms with Gasteiger partial charge in [-0.2, -0.15) is 0 Å². The smallest absolute Gasteiger partial charge is 0.135 e. The largest absolute Gasteiger partial charge is 0.299 e. The Morgan fingerprint density at radius 2 is 1.71 bits per heavy atom. The van der Waals surface area contributed by atoms with Gasteiger partial charge in [0.15, 0.2) is 0 Å². The molecule has 0 spiro atoms. The summed E-state index contributed by atoms with van der Waals surface area (Å²) in [6, 6.07) is 8.70. The summed E-state index contributed by atoms with van der Waals surface area (Å²) in [5, 5.41) is 0. The van der Waals surface area contributed by atoms with Crippen LogP contribution < -0.4 is 0 Å². The van der Waals surface area contributed by atoms with Crippen LogP contribution in [0.25, 0.3) is 0 Å². The molecule has 0 saturated heterocycles. The van der Waals surface area contributed by atoms with E-state index in [1.165, 1.54) is 36.8 Å². The molecule has 0 heterocycles. The molecule has 0 amide bonds. The molecule has 1 atom stereocenters. The fraction of sp³-hybridized carbons (Fsp3) is 0.650. The maximum Gasteiger partial charge on any atom is 0.135 e. The molecule has 0 fully saturated rings. The molecule has 0 radical (unpaired) electrons. The Bertz CT molecular complexity index is 416. The van der Waals surface area contributed by atoms with Gasteiger partial charge >= 0.3 is 0 Å². The van der Waals surface area contributed by atoms with Crippen molar-refractivity contribution in [2.24, 2.45) is 11.8 Å². The van der Waals surface area contributed by atoms with Crippen LogP contribution in [-0.4, -0.2) is 5.78 Å². The van der Waals surface area contributed by atoms with Crippen LogP contribution in [0, 0.1) is 18.8 Å². The maximum absolute atomic E-state index is 12.4. The van der Waals surface area contributed by atoms with Gasteiger partial charge in [-0.3, -0.25) is 4.79 Å². The van der Waals surface area contributed by atoms with Gasteiger partial charge < -0.3 is 0 Å². The summed E-state index contributed by atoms with van der Waals surface area (Å²) in [5.74, 6) is 1.31. The van der Waals surface area contributed by atoms with E-state index in [1.54, 1.807) is 0 Å². The van der Waals surface area contributed by atoms with Crippen LogP contribution >= 0.6 is 0 Å². The van der Waals surface area contributed by atoms with Crippen molar-refractivity contribution in [1.29, 1.82) is 0 Å². The van der Waals surface area contributed by atoms with Crippen LogP contribution in [0.2, 0.25) is 0 Å². The second kappa shape index (κ2) is 9.76. The average molecular weight is 288 g/mol. The lowest BCUT2D eigenvalue weighted by atomic mass is 9.78. The molecule has 21 heavy (non-hydrogen) atoms.